The highest BCUT2D eigenvalue weighted by molar-refractivity contribution is 6.30. The van der Waals surface area contributed by atoms with Gasteiger partial charge < -0.3 is 4.90 Å². The monoisotopic (exact) mass is 411 g/mol. The predicted octanol–water partition coefficient (Wildman–Crippen LogP) is 3.02. The van der Waals surface area contributed by atoms with E-state index in [4.69, 9.17) is 11.6 Å². The van der Waals surface area contributed by atoms with Gasteiger partial charge in [-0.25, -0.2) is 4.68 Å². The van der Waals surface area contributed by atoms with Crippen LogP contribution in [0.4, 0.5) is 0 Å². The minimum absolute atomic E-state index is 0.0135. The smallest absolute Gasteiger partial charge is 0.278 e. The van der Waals surface area contributed by atoms with Gasteiger partial charge in [0.25, 0.3) is 5.56 Å². The van der Waals surface area contributed by atoms with Gasteiger partial charge in [-0.2, -0.15) is 10.2 Å². The lowest BCUT2D eigenvalue weighted by molar-refractivity contribution is -0.133. The number of likely N-dealkylation sites (tertiary alicyclic amines) is 1. The zero-order valence-corrected chi connectivity index (χ0v) is 17.0. The number of nitrogens with zero attached hydrogens (tertiary/aromatic N) is 5. The fraction of sp³-hybridized carbons (Fsp3) is 0.429. The van der Waals surface area contributed by atoms with Gasteiger partial charge in [0.05, 0.1) is 28.8 Å². The summed E-state index contributed by atoms with van der Waals surface area (Å²) in [6.07, 6.45) is 5.61. The largest absolute Gasteiger partial charge is 0.334 e. The average molecular weight is 412 g/mol. The second kappa shape index (κ2) is 6.99. The van der Waals surface area contributed by atoms with Crippen LogP contribution >= 0.6 is 11.6 Å². The topological polar surface area (TPSA) is 73.0 Å². The van der Waals surface area contributed by atoms with Gasteiger partial charge in [-0.3, -0.25) is 14.3 Å². The summed E-state index contributed by atoms with van der Waals surface area (Å²) in [6.45, 7) is 0.626. The number of aromatic nitrogens is 4. The first-order chi connectivity index (χ1) is 14.0. The molecule has 2 aliphatic rings. The standard InChI is InChI=1S/C21H22ClN5O2/c1-25-17-11-23-27(21(29)19(17)20(24-25)14-4-5-14)12-18(28)26-10-2-3-16(26)13-6-8-15(22)9-7-13/h6-9,11,14,16H,2-5,10,12H2,1H3. The molecule has 8 heteroatoms. The van der Waals surface area contributed by atoms with E-state index in [1.54, 1.807) is 10.9 Å². The van der Waals surface area contributed by atoms with Gasteiger partial charge in [-0.05, 0) is 43.4 Å². The van der Waals surface area contributed by atoms with Crippen LogP contribution in [0.2, 0.25) is 5.02 Å². The Bertz CT molecular complexity index is 1150. The number of carbonyl (C=O) groups is 1. The molecule has 2 fully saturated rings. The first kappa shape index (κ1) is 18.4. The van der Waals surface area contributed by atoms with Gasteiger partial charge in [0, 0.05) is 24.5 Å². The minimum Gasteiger partial charge on any atom is -0.334 e. The number of halogens is 1. The summed E-state index contributed by atoms with van der Waals surface area (Å²) < 4.78 is 3.00. The van der Waals surface area contributed by atoms with E-state index in [1.165, 1.54) is 4.68 Å². The Morgan fingerprint density at radius 2 is 1.97 bits per heavy atom. The van der Waals surface area contributed by atoms with Crippen LogP contribution in [0, 0.1) is 0 Å². The highest BCUT2D eigenvalue weighted by Gasteiger charge is 2.32. The highest BCUT2D eigenvalue weighted by Crippen LogP contribution is 2.41. The molecular formula is C21H22ClN5O2. The van der Waals surface area contributed by atoms with Crippen molar-refractivity contribution in [2.75, 3.05) is 6.54 Å². The van der Waals surface area contributed by atoms with Crippen LogP contribution in [0.5, 0.6) is 0 Å². The van der Waals surface area contributed by atoms with Gasteiger partial charge >= 0.3 is 0 Å². The molecule has 1 amide bonds. The number of hydrogen-bond donors (Lipinski definition) is 0. The Morgan fingerprint density at radius 1 is 1.21 bits per heavy atom. The van der Waals surface area contributed by atoms with Crippen molar-refractivity contribution in [1.82, 2.24) is 24.5 Å². The van der Waals surface area contributed by atoms with E-state index in [2.05, 4.69) is 10.2 Å². The fourth-order valence-corrected chi connectivity index (χ4v) is 4.43. The van der Waals surface area contributed by atoms with Crippen molar-refractivity contribution in [1.29, 1.82) is 0 Å². The molecule has 1 saturated heterocycles. The van der Waals surface area contributed by atoms with Crippen LogP contribution in [0.15, 0.2) is 35.3 Å². The maximum Gasteiger partial charge on any atom is 0.278 e. The molecule has 1 aliphatic carbocycles. The van der Waals surface area contributed by atoms with E-state index in [-0.39, 0.29) is 24.1 Å². The van der Waals surface area contributed by atoms with Gasteiger partial charge in [-0.15, -0.1) is 0 Å². The number of fused-ring (bicyclic) bond motifs is 1. The third-order valence-corrected chi connectivity index (χ3v) is 6.22. The van der Waals surface area contributed by atoms with Gasteiger partial charge in [0.15, 0.2) is 0 Å². The molecule has 5 rings (SSSR count). The Balaban J connectivity index is 1.43. The molecule has 7 nitrogen and oxygen atoms in total. The quantitative estimate of drug-likeness (QED) is 0.661. The fourth-order valence-electron chi connectivity index (χ4n) is 4.30. The molecule has 29 heavy (non-hydrogen) atoms. The zero-order valence-electron chi connectivity index (χ0n) is 16.2. The predicted molar refractivity (Wildman–Crippen MR) is 110 cm³/mol. The first-order valence-electron chi connectivity index (χ1n) is 10.0. The molecule has 0 spiro atoms. The normalized spacial score (nSPS) is 19.2. The van der Waals surface area contributed by atoms with E-state index < -0.39 is 0 Å². The summed E-state index contributed by atoms with van der Waals surface area (Å²) in [5.74, 6) is 0.263. The van der Waals surface area contributed by atoms with Crippen molar-refractivity contribution >= 4 is 28.4 Å². The summed E-state index contributed by atoms with van der Waals surface area (Å²) in [6, 6.07) is 7.64. The van der Waals surface area contributed by atoms with Crippen LogP contribution in [-0.4, -0.2) is 36.9 Å². The van der Waals surface area contributed by atoms with Crippen LogP contribution in [0.1, 0.15) is 48.9 Å². The molecule has 150 valence electrons. The van der Waals surface area contributed by atoms with E-state index in [9.17, 15) is 9.59 Å². The third-order valence-electron chi connectivity index (χ3n) is 5.96. The second-order valence-corrected chi connectivity index (χ2v) is 8.38. The molecule has 0 radical (unpaired) electrons. The maximum atomic E-state index is 13.1. The lowest BCUT2D eigenvalue weighted by Crippen LogP contribution is -2.37. The van der Waals surface area contributed by atoms with Gasteiger partial charge in [-0.1, -0.05) is 23.7 Å². The van der Waals surface area contributed by atoms with Crippen molar-refractivity contribution in [2.24, 2.45) is 7.05 Å². The summed E-state index contributed by atoms with van der Waals surface area (Å²) in [4.78, 5) is 28.0. The number of carbonyl (C=O) groups excluding carboxylic acids is 1. The molecule has 1 unspecified atom stereocenters. The van der Waals surface area contributed by atoms with Crippen molar-refractivity contribution in [3.05, 3.63) is 57.1 Å². The van der Waals surface area contributed by atoms with Crippen LogP contribution in [-0.2, 0) is 18.4 Å². The molecule has 2 aromatic heterocycles. The van der Waals surface area contributed by atoms with Gasteiger partial charge in [0.1, 0.15) is 6.54 Å². The molecule has 1 aromatic carbocycles. The first-order valence-corrected chi connectivity index (χ1v) is 10.4. The van der Waals surface area contributed by atoms with Crippen molar-refractivity contribution < 1.29 is 4.79 Å². The van der Waals surface area contributed by atoms with Crippen LogP contribution in [0.3, 0.4) is 0 Å². The van der Waals surface area contributed by atoms with Crippen molar-refractivity contribution in [3.63, 3.8) is 0 Å². The maximum absolute atomic E-state index is 13.1. The Morgan fingerprint density at radius 3 is 2.69 bits per heavy atom. The second-order valence-electron chi connectivity index (χ2n) is 7.95. The molecule has 1 atom stereocenters. The Labute approximate surface area is 172 Å². The number of amides is 1. The molecule has 0 N–H and O–H groups in total. The van der Waals surface area contributed by atoms with Crippen LogP contribution < -0.4 is 5.56 Å². The molecule has 3 heterocycles. The SMILES string of the molecule is Cn1nc(C2CC2)c2c(=O)n(CC(=O)N3CCCC3c3ccc(Cl)cc3)ncc21. The number of hydrogen-bond acceptors (Lipinski definition) is 4. The van der Waals surface area contributed by atoms with E-state index in [0.29, 0.717) is 22.9 Å². The number of aryl methyl sites for hydroxylation is 1. The number of rotatable bonds is 4. The minimum atomic E-state index is -0.229. The van der Waals surface area contributed by atoms with E-state index >= 15 is 0 Å². The van der Waals surface area contributed by atoms with E-state index in [0.717, 1.165) is 42.5 Å². The number of benzene rings is 1. The Hall–Kier alpha value is -2.67. The molecule has 1 saturated carbocycles. The zero-order chi connectivity index (χ0) is 20.1. The molecule has 1 aliphatic heterocycles. The lowest BCUT2D eigenvalue weighted by Gasteiger charge is -2.25. The van der Waals surface area contributed by atoms with E-state index in [1.807, 2.05) is 36.2 Å². The average Bonchev–Trinajstić information content (AvgIpc) is 3.33. The summed E-state index contributed by atoms with van der Waals surface area (Å²) in [7, 11) is 1.83. The molecule has 0 bridgehead atoms. The Kier molecular flexibility index (Phi) is 4.42. The van der Waals surface area contributed by atoms with Crippen LogP contribution in [0.25, 0.3) is 10.9 Å². The summed E-state index contributed by atoms with van der Waals surface area (Å²) >= 11 is 6.00. The van der Waals surface area contributed by atoms with Gasteiger partial charge in [0.2, 0.25) is 5.91 Å². The van der Waals surface area contributed by atoms with Crippen molar-refractivity contribution in [3.8, 4) is 0 Å². The summed E-state index contributed by atoms with van der Waals surface area (Å²) in [5, 5.41) is 10.1. The highest BCUT2D eigenvalue weighted by atomic mass is 35.5. The molecular weight excluding hydrogens is 390 g/mol. The third kappa shape index (κ3) is 3.23. The summed E-state index contributed by atoms with van der Waals surface area (Å²) in [5.41, 5.74) is 2.41. The lowest BCUT2D eigenvalue weighted by atomic mass is 10.0. The molecule has 3 aromatic rings. The van der Waals surface area contributed by atoms with Crippen molar-refractivity contribution in [2.45, 2.75) is 44.2 Å².